The summed E-state index contributed by atoms with van der Waals surface area (Å²) in [5, 5.41) is 3.33. The van der Waals surface area contributed by atoms with E-state index in [1.54, 1.807) is 0 Å². The van der Waals surface area contributed by atoms with Crippen LogP contribution in [-0.2, 0) is 0 Å². The monoisotopic (exact) mass is 288 g/mol. The van der Waals surface area contributed by atoms with E-state index in [-0.39, 0.29) is 0 Å². The molecule has 4 rings (SSSR count). The number of imidazole rings is 1. The minimum atomic E-state index is 0.729. The smallest absolute Gasteiger partial charge is 0.235 e. The van der Waals surface area contributed by atoms with Crippen LogP contribution in [0.5, 0.6) is 0 Å². The molecule has 0 saturated carbocycles. The number of nitrogens with one attached hydrogen (secondary N) is 1. The highest BCUT2D eigenvalue weighted by molar-refractivity contribution is 5.80. The van der Waals surface area contributed by atoms with Crippen molar-refractivity contribution in [1.29, 1.82) is 0 Å². The molecular weight excluding hydrogens is 272 g/mol. The summed E-state index contributed by atoms with van der Waals surface area (Å²) in [4.78, 5) is 9.30. The van der Waals surface area contributed by atoms with Gasteiger partial charge in [-0.15, -0.1) is 0 Å². The molecule has 2 heterocycles. The van der Waals surface area contributed by atoms with E-state index >= 15 is 0 Å². The highest BCUT2D eigenvalue weighted by atomic mass is 15.1. The fourth-order valence-corrected chi connectivity index (χ4v) is 2.70. The molecule has 0 spiro atoms. The number of fused-ring (bicyclic) bond motifs is 3. The average molecular weight is 288 g/mol. The van der Waals surface area contributed by atoms with Crippen molar-refractivity contribution in [3.63, 3.8) is 0 Å². The molecule has 2 aromatic carbocycles. The Morgan fingerprint density at radius 3 is 2.82 bits per heavy atom. The van der Waals surface area contributed by atoms with Crippen LogP contribution >= 0.6 is 0 Å². The maximum Gasteiger partial charge on any atom is 0.235 e. The molecule has 0 aliphatic carbocycles. The summed E-state index contributed by atoms with van der Waals surface area (Å²) in [5.74, 6) is 0.729. The second-order valence-electron chi connectivity index (χ2n) is 5.19. The Bertz CT molecular complexity index is 956. The molecule has 4 aromatic rings. The van der Waals surface area contributed by atoms with Gasteiger partial charge in [-0.05, 0) is 37.3 Å². The lowest BCUT2D eigenvalue weighted by Gasteiger charge is -2.06. The average Bonchev–Trinajstić information content (AvgIpc) is 2.93. The SMILES string of the molecule is CCNc1cccc(-c2ccn3c(n2)nc2ccccc23)c1. The zero-order valence-corrected chi connectivity index (χ0v) is 12.3. The van der Waals surface area contributed by atoms with Gasteiger partial charge in [0, 0.05) is 24.0 Å². The molecule has 0 atom stereocenters. The molecule has 0 unspecified atom stereocenters. The van der Waals surface area contributed by atoms with Crippen LogP contribution in [0.3, 0.4) is 0 Å². The minimum absolute atomic E-state index is 0.729. The van der Waals surface area contributed by atoms with Gasteiger partial charge in [-0.1, -0.05) is 24.3 Å². The zero-order chi connectivity index (χ0) is 14.9. The van der Waals surface area contributed by atoms with E-state index < -0.39 is 0 Å². The normalized spacial score (nSPS) is 11.1. The van der Waals surface area contributed by atoms with Crippen molar-refractivity contribution in [3.8, 4) is 11.3 Å². The molecule has 0 aliphatic rings. The first-order valence-corrected chi connectivity index (χ1v) is 7.43. The van der Waals surface area contributed by atoms with E-state index in [1.165, 1.54) is 0 Å². The van der Waals surface area contributed by atoms with Crippen LogP contribution in [0.15, 0.2) is 60.8 Å². The molecule has 0 fully saturated rings. The highest BCUT2D eigenvalue weighted by Gasteiger charge is 2.07. The lowest BCUT2D eigenvalue weighted by molar-refractivity contribution is 1.14. The molecule has 1 N–H and O–H groups in total. The van der Waals surface area contributed by atoms with Crippen molar-refractivity contribution in [3.05, 3.63) is 60.8 Å². The molecule has 0 bridgehead atoms. The summed E-state index contributed by atoms with van der Waals surface area (Å²) in [6.45, 7) is 2.99. The zero-order valence-electron chi connectivity index (χ0n) is 12.3. The van der Waals surface area contributed by atoms with Crippen molar-refractivity contribution >= 4 is 22.5 Å². The van der Waals surface area contributed by atoms with Crippen LogP contribution in [0.4, 0.5) is 5.69 Å². The number of hydrogen-bond donors (Lipinski definition) is 1. The summed E-state index contributed by atoms with van der Waals surface area (Å²) < 4.78 is 2.02. The van der Waals surface area contributed by atoms with E-state index in [1.807, 2.05) is 40.9 Å². The lowest BCUT2D eigenvalue weighted by atomic mass is 10.1. The molecule has 0 radical (unpaired) electrons. The number of rotatable bonds is 3. The van der Waals surface area contributed by atoms with Crippen LogP contribution in [0.2, 0.25) is 0 Å². The number of anilines is 1. The summed E-state index contributed by atoms with van der Waals surface area (Å²) >= 11 is 0. The Morgan fingerprint density at radius 1 is 1.00 bits per heavy atom. The van der Waals surface area contributed by atoms with Crippen molar-refractivity contribution in [2.24, 2.45) is 0 Å². The van der Waals surface area contributed by atoms with E-state index in [0.29, 0.717) is 0 Å². The maximum absolute atomic E-state index is 4.71. The third kappa shape index (κ3) is 2.09. The maximum atomic E-state index is 4.71. The number of para-hydroxylation sites is 2. The van der Waals surface area contributed by atoms with Gasteiger partial charge in [0.15, 0.2) is 0 Å². The third-order valence-corrected chi connectivity index (χ3v) is 3.72. The Balaban J connectivity index is 1.85. The first-order chi connectivity index (χ1) is 10.8. The van der Waals surface area contributed by atoms with Gasteiger partial charge in [0.2, 0.25) is 5.78 Å². The Hall–Kier alpha value is -2.88. The lowest BCUT2D eigenvalue weighted by Crippen LogP contribution is -1.96. The summed E-state index contributed by atoms with van der Waals surface area (Å²) in [7, 11) is 0. The Morgan fingerprint density at radius 2 is 1.91 bits per heavy atom. The van der Waals surface area contributed by atoms with Crippen molar-refractivity contribution in [2.75, 3.05) is 11.9 Å². The van der Waals surface area contributed by atoms with Gasteiger partial charge in [-0.25, -0.2) is 9.97 Å². The fraction of sp³-hybridized carbons (Fsp3) is 0.111. The standard InChI is InChI=1S/C18H16N4/c1-2-19-14-7-5-6-13(12-14)15-10-11-22-17-9-4-3-8-16(17)21-18(22)20-15/h3-12,19H,2H2,1H3. The molecular formula is C18H16N4. The number of benzene rings is 2. The Kier molecular flexibility index (Phi) is 3.00. The van der Waals surface area contributed by atoms with Gasteiger partial charge >= 0.3 is 0 Å². The van der Waals surface area contributed by atoms with Crippen molar-refractivity contribution in [2.45, 2.75) is 6.92 Å². The number of hydrogen-bond acceptors (Lipinski definition) is 3. The molecule has 0 amide bonds. The molecule has 4 heteroatoms. The second-order valence-corrected chi connectivity index (χ2v) is 5.19. The van der Waals surface area contributed by atoms with Crippen molar-refractivity contribution < 1.29 is 0 Å². The molecule has 0 saturated heterocycles. The minimum Gasteiger partial charge on any atom is -0.385 e. The number of nitrogens with zero attached hydrogens (tertiary/aromatic N) is 3. The van der Waals surface area contributed by atoms with Gasteiger partial charge in [-0.2, -0.15) is 0 Å². The summed E-state index contributed by atoms with van der Waals surface area (Å²) in [5.41, 5.74) is 5.18. The summed E-state index contributed by atoms with van der Waals surface area (Å²) in [6, 6.07) is 18.4. The van der Waals surface area contributed by atoms with E-state index in [0.717, 1.165) is 40.3 Å². The highest BCUT2D eigenvalue weighted by Crippen LogP contribution is 2.23. The quantitative estimate of drug-likeness (QED) is 0.620. The van der Waals surface area contributed by atoms with E-state index in [2.05, 4.69) is 41.5 Å². The van der Waals surface area contributed by atoms with Crippen LogP contribution in [-0.4, -0.2) is 20.9 Å². The van der Waals surface area contributed by atoms with Crippen LogP contribution in [0, 0.1) is 0 Å². The molecule has 4 nitrogen and oxygen atoms in total. The van der Waals surface area contributed by atoms with Gasteiger partial charge in [0.1, 0.15) is 0 Å². The predicted molar refractivity (Wildman–Crippen MR) is 90.1 cm³/mol. The Labute approximate surface area is 128 Å². The van der Waals surface area contributed by atoms with E-state index in [9.17, 15) is 0 Å². The van der Waals surface area contributed by atoms with Gasteiger partial charge in [0.25, 0.3) is 0 Å². The number of aromatic nitrogens is 3. The van der Waals surface area contributed by atoms with E-state index in [4.69, 9.17) is 4.98 Å². The van der Waals surface area contributed by atoms with Gasteiger partial charge in [-0.3, -0.25) is 4.40 Å². The van der Waals surface area contributed by atoms with Crippen LogP contribution < -0.4 is 5.32 Å². The van der Waals surface area contributed by atoms with Crippen molar-refractivity contribution in [1.82, 2.24) is 14.4 Å². The first kappa shape index (κ1) is 12.8. The molecule has 0 aliphatic heterocycles. The first-order valence-electron chi connectivity index (χ1n) is 7.43. The second kappa shape index (κ2) is 5.15. The molecule has 2 aromatic heterocycles. The van der Waals surface area contributed by atoms with Gasteiger partial charge < -0.3 is 5.32 Å². The van der Waals surface area contributed by atoms with Crippen LogP contribution in [0.25, 0.3) is 28.1 Å². The van der Waals surface area contributed by atoms with Crippen LogP contribution in [0.1, 0.15) is 6.92 Å². The fourth-order valence-electron chi connectivity index (χ4n) is 2.70. The molecule has 108 valence electrons. The summed E-state index contributed by atoms with van der Waals surface area (Å²) in [6.07, 6.45) is 2.03. The topological polar surface area (TPSA) is 42.2 Å². The third-order valence-electron chi connectivity index (χ3n) is 3.72. The largest absolute Gasteiger partial charge is 0.385 e. The molecule has 22 heavy (non-hydrogen) atoms. The van der Waals surface area contributed by atoms with Gasteiger partial charge in [0.05, 0.1) is 16.7 Å². The predicted octanol–water partition coefficient (Wildman–Crippen LogP) is 3.98.